The smallest absolute Gasteiger partial charge is 0.356 e. The number of nitrogens with zero attached hydrogens (tertiary/aromatic N) is 3. The number of aromatic carboxylic acids is 1. The highest BCUT2D eigenvalue weighted by Crippen LogP contribution is 2.15. The van der Waals surface area contributed by atoms with Crippen molar-refractivity contribution in [2.75, 3.05) is 13.1 Å². The van der Waals surface area contributed by atoms with Crippen molar-refractivity contribution < 1.29 is 14.7 Å². The third-order valence-corrected chi connectivity index (χ3v) is 3.00. The molecule has 0 radical (unpaired) electrons. The second-order valence-electron chi connectivity index (χ2n) is 4.19. The van der Waals surface area contributed by atoms with Gasteiger partial charge in [-0.3, -0.25) is 9.48 Å². The molecule has 1 aliphatic rings. The minimum Gasteiger partial charge on any atom is -0.476 e. The van der Waals surface area contributed by atoms with Crippen LogP contribution in [0.25, 0.3) is 0 Å². The monoisotopic (exact) mass is 237 g/mol. The van der Waals surface area contributed by atoms with E-state index in [9.17, 15) is 9.59 Å². The summed E-state index contributed by atoms with van der Waals surface area (Å²) in [5.74, 6) is -1.08. The van der Waals surface area contributed by atoms with Crippen LogP contribution in [0.4, 0.5) is 0 Å². The fraction of sp³-hybridized carbons (Fsp3) is 0.545. The first-order valence-corrected chi connectivity index (χ1v) is 5.67. The van der Waals surface area contributed by atoms with Crippen LogP contribution in [0, 0.1) is 0 Å². The van der Waals surface area contributed by atoms with Crippen molar-refractivity contribution in [2.45, 2.75) is 25.8 Å². The van der Waals surface area contributed by atoms with Gasteiger partial charge in [-0.1, -0.05) is 0 Å². The Balaban J connectivity index is 2.09. The van der Waals surface area contributed by atoms with E-state index in [1.807, 2.05) is 0 Å². The summed E-state index contributed by atoms with van der Waals surface area (Å²) < 4.78 is 1.41. The average molecular weight is 237 g/mol. The number of aromatic nitrogens is 2. The molecule has 92 valence electrons. The van der Waals surface area contributed by atoms with E-state index in [1.165, 1.54) is 16.9 Å². The van der Waals surface area contributed by atoms with E-state index in [1.54, 1.807) is 11.8 Å². The second kappa shape index (κ2) is 4.57. The zero-order chi connectivity index (χ0) is 12.4. The van der Waals surface area contributed by atoms with Crippen LogP contribution in [0.5, 0.6) is 0 Å². The van der Waals surface area contributed by atoms with Crippen LogP contribution in [-0.2, 0) is 4.79 Å². The van der Waals surface area contributed by atoms with Gasteiger partial charge in [-0.05, 0) is 25.8 Å². The summed E-state index contributed by atoms with van der Waals surface area (Å²) >= 11 is 0. The summed E-state index contributed by atoms with van der Waals surface area (Å²) in [5, 5.41) is 12.6. The highest BCUT2D eigenvalue weighted by molar-refractivity contribution is 5.85. The van der Waals surface area contributed by atoms with Gasteiger partial charge in [0.2, 0.25) is 5.91 Å². The van der Waals surface area contributed by atoms with E-state index in [0.717, 1.165) is 25.9 Å². The molecule has 1 N–H and O–H groups in total. The summed E-state index contributed by atoms with van der Waals surface area (Å²) in [6.07, 6.45) is 3.61. The van der Waals surface area contributed by atoms with E-state index in [0.29, 0.717) is 0 Å². The zero-order valence-corrected chi connectivity index (χ0v) is 9.67. The van der Waals surface area contributed by atoms with Crippen LogP contribution in [-0.4, -0.2) is 44.8 Å². The number of carbonyl (C=O) groups is 2. The zero-order valence-electron chi connectivity index (χ0n) is 9.67. The standard InChI is InChI=1S/C11H15N3O3/c1-8(10(15)13-5-2-3-6-13)14-7-4-9(12-14)11(16)17/h4,7-8H,2-3,5-6H2,1H3,(H,16,17)/t8-/m0/s1. The molecule has 0 bridgehead atoms. The molecule has 1 atom stereocenters. The SMILES string of the molecule is C[C@@H](C(=O)N1CCCC1)n1ccc(C(=O)O)n1. The van der Waals surface area contributed by atoms with Crippen LogP contribution in [0.2, 0.25) is 0 Å². The van der Waals surface area contributed by atoms with Gasteiger partial charge >= 0.3 is 5.97 Å². The lowest BCUT2D eigenvalue weighted by molar-refractivity contribution is -0.133. The Morgan fingerprint density at radius 2 is 2.06 bits per heavy atom. The van der Waals surface area contributed by atoms with Crippen LogP contribution < -0.4 is 0 Å². The largest absolute Gasteiger partial charge is 0.476 e. The van der Waals surface area contributed by atoms with Crippen molar-refractivity contribution in [1.29, 1.82) is 0 Å². The van der Waals surface area contributed by atoms with Crippen molar-refractivity contribution in [3.63, 3.8) is 0 Å². The fourth-order valence-electron chi connectivity index (χ4n) is 1.98. The van der Waals surface area contributed by atoms with E-state index >= 15 is 0 Å². The molecule has 6 heteroatoms. The van der Waals surface area contributed by atoms with Crippen molar-refractivity contribution in [3.8, 4) is 0 Å². The van der Waals surface area contributed by atoms with Gasteiger partial charge < -0.3 is 10.0 Å². The Bertz CT molecular complexity index is 435. The molecule has 1 amide bonds. The Morgan fingerprint density at radius 1 is 1.41 bits per heavy atom. The third-order valence-electron chi connectivity index (χ3n) is 3.00. The topological polar surface area (TPSA) is 75.4 Å². The number of rotatable bonds is 3. The molecule has 2 rings (SSSR count). The van der Waals surface area contributed by atoms with Gasteiger partial charge in [-0.2, -0.15) is 5.10 Å². The van der Waals surface area contributed by atoms with Gasteiger partial charge in [0.1, 0.15) is 6.04 Å². The van der Waals surface area contributed by atoms with E-state index in [2.05, 4.69) is 5.10 Å². The minimum atomic E-state index is -1.08. The number of carbonyl (C=O) groups excluding carboxylic acids is 1. The lowest BCUT2D eigenvalue weighted by Crippen LogP contribution is -2.34. The number of hydrogen-bond acceptors (Lipinski definition) is 3. The first-order valence-electron chi connectivity index (χ1n) is 5.67. The molecule has 1 aliphatic heterocycles. The summed E-state index contributed by atoms with van der Waals surface area (Å²) in [6, 6.07) is 0.956. The first kappa shape index (κ1) is 11.6. The Kier molecular flexibility index (Phi) is 3.12. The van der Waals surface area contributed by atoms with Crippen molar-refractivity contribution >= 4 is 11.9 Å². The number of hydrogen-bond donors (Lipinski definition) is 1. The number of carboxylic acid groups (broad SMARTS) is 1. The predicted octanol–water partition coefficient (Wildman–Crippen LogP) is 0.765. The van der Waals surface area contributed by atoms with Gasteiger partial charge in [-0.15, -0.1) is 0 Å². The summed E-state index contributed by atoms with van der Waals surface area (Å²) in [4.78, 5) is 24.5. The van der Waals surface area contributed by atoms with Gasteiger partial charge in [0.05, 0.1) is 0 Å². The highest BCUT2D eigenvalue weighted by Gasteiger charge is 2.25. The van der Waals surface area contributed by atoms with Crippen LogP contribution >= 0.6 is 0 Å². The molecule has 0 spiro atoms. The third kappa shape index (κ3) is 2.30. The molecular formula is C11H15N3O3. The van der Waals surface area contributed by atoms with Crippen molar-refractivity contribution in [3.05, 3.63) is 18.0 Å². The van der Waals surface area contributed by atoms with Crippen LogP contribution in [0.1, 0.15) is 36.3 Å². The Hall–Kier alpha value is -1.85. The maximum atomic E-state index is 12.0. The van der Waals surface area contributed by atoms with Gasteiger partial charge in [0.25, 0.3) is 0 Å². The molecule has 0 aromatic carbocycles. The molecule has 0 aliphatic carbocycles. The minimum absolute atomic E-state index is 0.00235. The molecular weight excluding hydrogens is 222 g/mol. The van der Waals surface area contributed by atoms with Crippen LogP contribution in [0.15, 0.2) is 12.3 Å². The summed E-state index contributed by atoms with van der Waals surface area (Å²) in [6.45, 7) is 3.31. The van der Waals surface area contributed by atoms with E-state index < -0.39 is 12.0 Å². The lowest BCUT2D eigenvalue weighted by Gasteiger charge is -2.20. The number of amides is 1. The molecule has 1 fully saturated rings. The van der Waals surface area contributed by atoms with E-state index in [4.69, 9.17) is 5.11 Å². The van der Waals surface area contributed by atoms with Gasteiger partial charge in [0.15, 0.2) is 5.69 Å². The Labute approximate surface area is 98.8 Å². The average Bonchev–Trinajstić information content (AvgIpc) is 2.97. The van der Waals surface area contributed by atoms with Crippen molar-refractivity contribution in [2.24, 2.45) is 0 Å². The molecule has 1 aromatic rings. The molecule has 0 saturated carbocycles. The molecule has 0 unspecified atom stereocenters. The molecule has 17 heavy (non-hydrogen) atoms. The highest BCUT2D eigenvalue weighted by atomic mass is 16.4. The molecule has 6 nitrogen and oxygen atoms in total. The molecule has 2 heterocycles. The summed E-state index contributed by atoms with van der Waals surface area (Å²) in [5.41, 5.74) is -0.0360. The molecule has 1 aromatic heterocycles. The second-order valence-corrected chi connectivity index (χ2v) is 4.19. The Morgan fingerprint density at radius 3 is 2.59 bits per heavy atom. The quantitative estimate of drug-likeness (QED) is 0.842. The number of likely N-dealkylation sites (tertiary alicyclic amines) is 1. The normalized spacial score (nSPS) is 17.1. The van der Waals surface area contributed by atoms with Crippen molar-refractivity contribution in [1.82, 2.24) is 14.7 Å². The predicted molar refractivity (Wildman–Crippen MR) is 59.7 cm³/mol. The number of carboxylic acids is 1. The molecule has 1 saturated heterocycles. The van der Waals surface area contributed by atoms with Gasteiger partial charge in [0, 0.05) is 19.3 Å². The maximum Gasteiger partial charge on any atom is 0.356 e. The summed E-state index contributed by atoms with van der Waals surface area (Å²) in [7, 11) is 0. The fourth-order valence-corrected chi connectivity index (χ4v) is 1.98. The lowest BCUT2D eigenvalue weighted by atomic mass is 10.3. The first-order chi connectivity index (χ1) is 8.09. The van der Waals surface area contributed by atoms with Crippen LogP contribution in [0.3, 0.4) is 0 Å². The van der Waals surface area contributed by atoms with Gasteiger partial charge in [-0.25, -0.2) is 4.79 Å². The maximum absolute atomic E-state index is 12.0. The van der Waals surface area contributed by atoms with E-state index in [-0.39, 0.29) is 11.6 Å².